The number of halogens is 2. The van der Waals surface area contributed by atoms with Crippen molar-refractivity contribution < 1.29 is 14.5 Å². The highest BCUT2D eigenvalue weighted by molar-refractivity contribution is 14.1. The minimum absolute atomic E-state index is 0.0337. The van der Waals surface area contributed by atoms with Gasteiger partial charge in [0.1, 0.15) is 0 Å². The summed E-state index contributed by atoms with van der Waals surface area (Å²) in [6.45, 7) is 0. The second kappa shape index (κ2) is 4.67. The van der Waals surface area contributed by atoms with Gasteiger partial charge in [-0.15, -0.1) is 0 Å². The third-order valence-corrected chi connectivity index (χ3v) is 3.04. The van der Waals surface area contributed by atoms with Crippen molar-refractivity contribution in [1.29, 1.82) is 0 Å². The molecule has 0 aromatic heterocycles. The zero-order chi connectivity index (χ0) is 11.6. The van der Waals surface area contributed by atoms with Crippen LogP contribution in [-0.4, -0.2) is 16.5 Å². The zero-order valence-corrected chi connectivity index (χ0v) is 9.98. The third-order valence-electron chi connectivity index (χ3n) is 1.64. The number of nitro groups is 1. The summed E-state index contributed by atoms with van der Waals surface area (Å²) in [4.78, 5) is 31.3. The fraction of sp³-hybridized carbons (Fsp3) is 0. The largest absolute Gasteiger partial charge is 0.298 e. The maximum Gasteiger partial charge on any atom is 0.270 e. The number of hydrogen-bond donors (Lipinski definition) is 0. The van der Waals surface area contributed by atoms with Crippen molar-refractivity contribution in [3.05, 3.63) is 36.9 Å². The molecule has 1 aromatic carbocycles. The Balaban J connectivity index is 3.51. The average molecular weight is 339 g/mol. The van der Waals surface area contributed by atoms with E-state index >= 15 is 0 Å². The SMILES string of the molecule is O=Cc1cc([N+](=O)[O-])cc(C(=O)Cl)c1I. The van der Waals surface area contributed by atoms with Gasteiger partial charge in [0.05, 0.1) is 10.5 Å². The molecular formula is C8H3ClINO4. The van der Waals surface area contributed by atoms with E-state index in [1.54, 1.807) is 22.6 Å². The quantitative estimate of drug-likeness (QED) is 0.278. The fourth-order valence-corrected chi connectivity index (χ4v) is 1.96. The summed E-state index contributed by atoms with van der Waals surface area (Å²) in [5, 5.41) is 9.66. The predicted molar refractivity (Wildman–Crippen MR) is 61.4 cm³/mol. The summed E-state index contributed by atoms with van der Waals surface area (Å²) in [5.41, 5.74) is -0.288. The first-order chi connectivity index (χ1) is 6.97. The lowest BCUT2D eigenvalue weighted by molar-refractivity contribution is -0.384. The van der Waals surface area contributed by atoms with E-state index < -0.39 is 10.2 Å². The van der Waals surface area contributed by atoms with E-state index in [-0.39, 0.29) is 16.8 Å². The Morgan fingerprint density at radius 2 is 2.13 bits per heavy atom. The lowest BCUT2D eigenvalue weighted by atomic mass is 10.1. The van der Waals surface area contributed by atoms with Crippen LogP contribution in [0.4, 0.5) is 5.69 Å². The number of benzene rings is 1. The molecule has 78 valence electrons. The van der Waals surface area contributed by atoms with Gasteiger partial charge in [0.15, 0.2) is 6.29 Å². The molecule has 1 aromatic rings. The maximum atomic E-state index is 10.9. The Bertz CT molecular complexity index is 460. The molecule has 0 amide bonds. The highest BCUT2D eigenvalue weighted by Crippen LogP contribution is 2.24. The van der Waals surface area contributed by atoms with Gasteiger partial charge in [-0.1, -0.05) is 0 Å². The van der Waals surface area contributed by atoms with Crippen molar-refractivity contribution in [1.82, 2.24) is 0 Å². The Morgan fingerprint density at radius 1 is 1.53 bits per heavy atom. The summed E-state index contributed by atoms with van der Waals surface area (Å²) in [7, 11) is 0. The number of nitro benzene ring substituents is 1. The van der Waals surface area contributed by atoms with Gasteiger partial charge in [0.25, 0.3) is 10.9 Å². The molecule has 0 radical (unpaired) electrons. The van der Waals surface area contributed by atoms with Crippen LogP contribution in [0, 0.1) is 13.7 Å². The van der Waals surface area contributed by atoms with Crippen molar-refractivity contribution in [2.45, 2.75) is 0 Å². The summed E-state index contributed by atoms with van der Waals surface area (Å²) >= 11 is 6.97. The van der Waals surface area contributed by atoms with Gasteiger partial charge in [-0.3, -0.25) is 19.7 Å². The molecule has 0 saturated carbocycles. The Hall–Kier alpha value is -1.02. The monoisotopic (exact) mass is 339 g/mol. The van der Waals surface area contributed by atoms with Crippen molar-refractivity contribution in [3.8, 4) is 0 Å². The number of carbonyl (C=O) groups is 2. The number of non-ortho nitro benzene ring substituents is 1. The summed E-state index contributed by atoms with van der Waals surface area (Å²) in [5.74, 6) is 0. The maximum absolute atomic E-state index is 10.9. The van der Waals surface area contributed by atoms with Crippen LogP contribution in [0.2, 0.25) is 0 Å². The number of aldehydes is 1. The molecule has 0 aliphatic rings. The molecule has 7 heteroatoms. The van der Waals surface area contributed by atoms with Crippen LogP contribution < -0.4 is 0 Å². The van der Waals surface area contributed by atoms with Gasteiger partial charge < -0.3 is 0 Å². The molecule has 0 fully saturated rings. The molecule has 0 unspecified atom stereocenters. The molecule has 15 heavy (non-hydrogen) atoms. The van der Waals surface area contributed by atoms with Crippen LogP contribution in [0.15, 0.2) is 12.1 Å². The van der Waals surface area contributed by atoms with Gasteiger partial charge in [-0.05, 0) is 34.2 Å². The van der Waals surface area contributed by atoms with Crippen molar-refractivity contribution in [2.24, 2.45) is 0 Å². The second-order valence-electron chi connectivity index (χ2n) is 2.55. The first kappa shape index (κ1) is 12.1. The Morgan fingerprint density at radius 3 is 2.53 bits per heavy atom. The van der Waals surface area contributed by atoms with Crippen LogP contribution in [0.5, 0.6) is 0 Å². The summed E-state index contributed by atoms with van der Waals surface area (Å²) in [6.07, 6.45) is 0.443. The van der Waals surface area contributed by atoms with Gasteiger partial charge >= 0.3 is 0 Å². The summed E-state index contributed by atoms with van der Waals surface area (Å²) < 4.78 is 0.313. The molecule has 0 spiro atoms. The molecule has 0 N–H and O–H groups in total. The molecule has 1 rings (SSSR count). The number of carbonyl (C=O) groups excluding carboxylic acids is 2. The first-order valence-corrected chi connectivity index (χ1v) is 5.06. The molecule has 0 aliphatic heterocycles. The van der Waals surface area contributed by atoms with Gasteiger partial charge in [0, 0.05) is 21.3 Å². The van der Waals surface area contributed by atoms with Crippen molar-refractivity contribution in [3.63, 3.8) is 0 Å². The normalized spacial score (nSPS) is 9.73. The second-order valence-corrected chi connectivity index (χ2v) is 3.97. The standard InChI is InChI=1S/C8H3ClINO4/c9-8(13)6-2-5(11(14)15)1-4(3-12)7(6)10/h1-3H. The fourth-order valence-electron chi connectivity index (χ4n) is 0.965. The minimum Gasteiger partial charge on any atom is -0.298 e. The molecule has 0 bridgehead atoms. The number of hydrogen-bond acceptors (Lipinski definition) is 4. The van der Waals surface area contributed by atoms with Crippen molar-refractivity contribution in [2.75, 3.05) is 0 Å². The molecule has 5 nitrogen and oxygen atoms in total. The van der Waals surface area contributed by atoms with Gasteiger partial charge in [-0.25, -0.2) is 0 Å². The molecule has 0 atom stereocenters. The molecule has 0 heterocycles. The van der Waals surface area contributed by atoms with Gasteiger partial charge in [-0.2, -0.15) is 0 Å². The Kier molecular flexibility index (Phi) is 3.75. The van der Waals surface area contributed by atoms with Crippen molar-refractivity contribution >= 4 is 51.4 Å². The molecule has 0 aliphatic carbocycles. The average Bonchev–Trinajstić information content (AvgIpc) is 2.17. The third kappa shape index (κ3) is 2.51. The predicted octanol–water partition coefficient (Wildman–Crippen LogP) is 2.39. The topological polar surface area (TPSA) is 77.3 Å². The van der Waals surface area contributed by atoms with Crippen LogP contribution in [0.25, 0.3) is 0 Å². The van der Waals surface area contributed by atoms with E-state index in [0.29, 0.717) is 9.86 Å². The lowest BCUT2D eigenvalue weighted by Gasteiger charge is -2.01. The van der Waals surface area contributed by atoms with E-state index in [9.17, 15) is 19.7 Å². The minimum atomic E-state index is -0.828. The summed E-state index contributed by atoms with van der Waals surface area (Å²) in [6, 6.07) is 2.14. The highest BCUT2D eigenvalue weighted by Gasteiger charge is 2.17. The van der Waals surface area contributed by atoms with Crippen LogP contribution in [-0.2, 0) is 0 Å². The van der Waals surface area contributed by atoms with Crippen LogP contribution in [0.3, 0.4) is 0 Å². The molecular weight excluding hydrogens is 336 g/mol. The lowest BCUT2D eigenvalue weighted by Crippen LogP contribution is -2.01. The van der Waals surface area contributed by atoms with E-state index in [1.807, 2.05) is 0 Å². The molecule has 0 saturated heterocycles. The van der Waals surface area contributed by atoms with Gasteiger partial charge in [0.2, 0.25) is 0 Å². The van der Waals surface area contributed by atoms with E-state index in [2.05, 4.69) is 0 Å². The van der Waals surface area contributed by atoms with E-state index in [4.69, 9.17) is 11.6 Å². The smallest absolute Gasteiger partial charge is 0.270 e. The van der Waals surface area contributed by atoms with E-state index in [0.717, 1.165) is 12.1 Å². The highest BCUT2D eigenvalue weighted by atomic mass is 127. The number of nitrogens with zero attached hydrogens (tertiary/aromatic N) is 1. The van der Waals surface area contributed by atoms with Crippen LogP contribution >= 0.6 is 34.2 Å². The zero-order valence-electron chi connectivity index (χ0n) is 7.07. The number of rotatable bonds is 3. The van der Waals surface area contributed by atoms with Crippen LogP contribution in [0.1, 0.15) is 20.7 Å². The Labute approximate surface area is 103 Å². The first-order valence-electron chi connectivity index (χ1n) is 3.60. The van der Waals surface area contributed by atoms with E-state index in [1.165, 1.54) is 0 Å².